The van der Waals surface area contributed by atoms with Gasteiger partial charge in [-0.05, 0) is 30.0 Å². The Labute approximate surface area is 115 Å². The largest absolute Gasteiger partial charge is 0.506 e. The molecule has 10 heteroatoms. The number of hydrogen-bond acceptors (Lipinski definition) is 6. The maximum Gasteiger partial charge on any atom is 0.446 e. The molecule has 0 bridgehead atoms. The lowest BCUT2D eigenvalue weighted by Gasteiger charge is -2.09. The molecule has 0 aliphatic carbocycles. The second kappa shape index (κ2) is 6.16. The van der Waals surface area contributed by atoms with E-state index < -0.39 is 17.1 Å². The number of aromatic hydroxyl groups is 1. The van der Waals surface area contributed by atoms with Crippen molar-refractivity contribution in [2.24, 2.45) is 10.8 Å². The summed E-state index contributed by atoms with van der Waals surface area (Å²) in [6.45, 7) is 0. The average Bonchev–Trinajstić information content (AvgIpc) is 2.31. The summed E-state index contributed by atoms with van der Waals surface area (Å²) in [4.78, 5) is -0.172. The molecule has 0 aliphatic heterocycles. The summed E-state index contributed by atoms with van der Waals surface area (Å²) in [5, 5.41) is 28.5. The fourth-order valence-electron chi connectivity index (χ4n) is 1.06. The van der Waals surface area contributed by atoms with Gasteiger partial charge in [-0.1, -0.05) is 0 Å². The van der Waals surface area contributed by atoms with Crippen molar-refractivity contribution in [2.45, 2.75) is 10.4 Å². The van der Waals surface area contributed by atoms with E-state index in [9.17, 15) is 18.3 Å². The molecule has 20 heavy (non-hydrogen) atoms. The molecular weight excluding hydrogens is 295 g/mol. The summed E-state index contributed by atoms with van der Waals surface area (Å²) in [5.74, 6) is -0.971. The van der Waals surface area contributed by atoms with E-state index in [4.69, 9.17) is 16.4 Å². The van der Waals surface area contributed by atoms with Crippen molar-refractivity contribution in [2.75, 3.05) is 5.43 Å². The number of phenolic OH excluding ortho intramolecular Hbond substituents is 1. The molecule has 0 aliphatic rings. The normalized spacial score (nSPS) is 11.8. The number of hydrogen-bond donors (Lipinski definition) is 4. The highest BCUT2D eigenvalue weighted by Crippen LogP contribution is 2.39. The lowest BCUT2D eigenvalue weighted by molar-refractivity contribution is -0.0328. The Morgan fingerprint density at radius 1 is 1.50 bits per heavy atom. The number of benzene rings is 1. The first kappa shape index (κ1) is 15.6. The van der Waals surface area contributed by atoms with Gasteiger partial charge in [0.15, 0.2) is 5.84 Å². The Bertz CT molecular complexity index is 594. The first-order valence-corrected chi connectivity index (χ1v) is 5.71. The van der Waals surface area contributed by atoms with Crippen LogP contribution in [0.25, 0.3) is 0 Å². The van der Waals surface area contributed by atoms with E-state index in [1.165, 1.54) is 6.07 Å². The third-order valence-electron chi connectivity index (χ3n) is 1.85. The molecule has 0 saturated carbocycles. The molecule has 6 nitrogen and oxygen atoms in total. The molecule has 1 aromatic carbocycles. The number of nitrogens with two attached hydrogens (primary N) is 1. The number of nitrogens with zero attached hydrogens (tertiary/aromatic N) is 2. The second-order valence-corrected chi connectivity index (χ2v) is 4.46. The number of alkyl halides is 3. The molecule has 0 atom stereocenters. The predicted octanol–water partition coefficient (Wildman–Crippen LogP) is 2.23. The lowest BCUT2D eigenvalue weighted by atomic mass is 10.3. The minimum absolute atomic E-state index is 0.145. The third-order valence-corrected chi connectivity index (χ3v) is 2.57. The van der Waals surface area contributed by atoms with Gasteiger partial charge in [-0.25, -0.2) is 0 Å². The number of thioether (sulfide) groups is 1. The van der Waals surface area contributed by atoms with Crippen LogP contribution < -0.4 is 11.2 Å². The minimum atomic E-state index is -4.46. The topological polar surface area (TPSA) is 118 Å². The van der Waals surface area contributed by atoms with Crippen LogP contribution in [0, 0.1) is 16.7 Å². The van der Waals surface area contributed by atoms with Gasteiger partial charge >= 0.3 is 5.51 Å². The van der Waals surface area contributed by atoms with Crippen LogP contribution in [-0.4, -0.2) is 22.2 Å². The molecule has 0 heterocycles. The highest BCUT2D eigenvalue weighted by atomic mass is 32.2. The van der Waals surface area contributed by atoms with E-state index in [2.05, 4.69) is 10.5 Å². The van der Waals surface area contributed by atoms with Gasteiger partial charge in [0.2, 0.25) is 5.71 Å². The predicted molar refractivity (Wildman–Crippen MR) is 68.6 cm³/mol. The highest BCUT2D eigenvalue weighted by Gasteiger charge is 2.29. The SMILES string of the molecule is N#C/C(=N\Nc1cc(SC(F)(F)F)ccc1O)C(=N)N. The van der Waals surface area contributed by atoms with Crippen molar-refractivity contribution in [3.63, 3.8) is 0 Å². The van der Waals surface area contributed by atoms with Crippen molar-refractivity contribution < 1.29 is 18.3 Å². The van der Waals surface area contributed by atoms with Crippen molar-refractivity contribution >= 4 is 29.0 Å². The van der Waals surface area contributed by atoms with Crippen LogP contribution >= 0.6 is 11.8 Å². The Morgan fingerprint density at radius 2 is 2.15 bits per heavy atom. The van der Waals surface area contributed by atoms with Gasteiger partial charge in [0, 0.05) is 4.90 Å². The number of halogens is 3. The molecule has 0 unspecified atom stereocenters. The van der Waals surface area contributed by atoms with Crippen molar-refractivity contribution in [3.05, 3.63) is 18.2 Å². The van der Waals surface area contributed by atoms with Crippen LogP contribution in [-0.2, 0) is 0 Å². The molecule has 1 aromatic rings. The van der Waals surface area contributed by atoms with Gasteiger partial charge in [-0.3, -0.25) is 10.8 Å². The zero-order chi connectivity index (χ0) is 15.3. The van der Waals surface area contributed by atoms with Crippen LogP contribution in [0.1, 0.15) is 0 Å². The quantitative estimate of drug-likeness (QED) is 0.224. The van der Waals surface area contributed by atoms with E-state index in [1.807, 2.05) is 0 Å². The number of nitriles is 1. The Hall–Kier alpha value is -2.41. The smallest absolute Gasteiger partial charge is 0.446 e. The van der Waals surface area contributed by atoms with Gasteiger partial charge in [0.05, 0.1) is 5.69 Å². The maximum atomic E-state index is 12.2. The molecular formula is C10H8F3N5OS. The van der Waals surface area contributed by atoms with Gasteiger partial charge in [-0.15, -0.1) is 0 Å². The van der Waals surface area contributed by atoms with Crippen LogP contribution in [0.5, 0.6) is 5.75 Å². The molecule has 5 N–H and O–H groups in total. The van der Waals surface area contributed by atoms with Crippen molar-refractivity contribution in [3.8, 4) is 11.8 Å². The monoisotopic (exact) mass is 303 g/mol. The van der Waals surface area contributed by atoms with Gasteiger partial charge in [0.25, 0.3) is 0 Å². The number of anilines is 1. The number of nitrogens with one attached hydrogen (secondary N) is 2. The fourth-order valence-corrected chi connectivity index (χ4v) is 1.64. The second-order valence-electron chi connectivity index (χ2n) is 3.32. The maximum absolute atomic E-state index is 12.2. The molecule has 0 radical (unpaired) electrons. The average molecular weight is 303 g/mol. The first-order valence-electron chi connectivity index (χ1n) is 4.90. The Kier molecular flexibility index (Phi) is 4.82. The van der Waals surface area contributed by atoms with E-state index >= 15 is 0 Å². The summed E-state index contributed by atoms with van der Waals surface area (Å²) < 4.78 is 36.6. The fraction of sp³-hybridized carbons (Fsp3) is 0.100. The third kappa shape index (κ3) is 4.69. The molecule has 0 amide bonds. The van der Waals surface area contributed by atoms with Crippen LogP contribution in [0.4, 0.5) is 18.9 Å². The summed E-state index contributed by atoms with van der Waals surface area (Å²) >= 11 is -0.362. The van der Waals surface area contributed by atoms with Gasteiger partial charge in [-0.2, -0.15) is 23.5 Å². The van der Waals surface area contributed by atoms with E-state index in [0.717, 1.165) is 18.2 Å². The molecule has 106 valence electrons. The molecule has 0 spiro atoms. The van der Waals surface area contributed by atoms with E-state index in [1.54, 1.807) is 0 Å². The number of amidine groups is 1. The molecule has 0 aromatic heterocycles. The molecule has 0 fully saturated rings. The van der Waals surface area contributed by atoms with Crippen molar-refractivity contribution in [1.82, 2.24) is 0 Å². The Balaban J connectivity index is 2.99. The number of hydrazone groups is 1. The summed E-state index contributed by atoms with van der Waals surface area (Å²) in [5.41, 5.74) is 2.15. The summed E-state index contributed by atoms with van der Waals surface area (Å²) in [6.07, 6.45) is 0. The molecule has 0 saturated heterocycles. The highest BCUT2D eigenvalue weighted by molar-refractivity contribution is 8.00. The van der Waals surface area contributed by atoms with E-state index in [0.29, 0.717) is 0 Å². The zero-order valence-corrected chi connectivity index (χ0v) is 10.5. The standard InChI is InChI=1S/C10H8F3N5OS/c11-10(12,13)20-5-1-2-8(19)6(3-5)17-18-7(4-14)9(15)16/h1-3,17,19H,(H3,15,16)/b18-7+. The number of rotatable bonds is 4. The minimum Gasteiger partial charge on any atom is -0.506 e. The van der Waals surface area contributed by atoms with Crippen molar-refractivity contribution in [1.29, 1.82) is 10.7 Å². The zero-order valence-electron chi connectivity index (χ0n) is 9.69. The molecule has 1 rings (SSSR count). The summed E-state index contributed by atoms with van der Waals surface area (Å²) in [6, 6.07) is 4.65. The van der Waals surface area contributed by atoms with Crippen LogP contribution in [0.2, 0.25) is 0 Å². The Morgan fingerprint density at radius 3 is 2.65 bits per heavy atom. The van der Waals surface area contributed by atoms with Gasteiger partial charge < -0.3 is 10.8 Å². The summed E-state index contributed by atoms with van der Waals surface area (Å²) in [7, 11) is 0. The van der Waals surface area contributed by atoms with Crippen LogP contribution in [0.15, 0.2) is 28.2 Å². The van der Waals surface area contributed by atoms with Crippen LogP contribution in [0.3, 0.4) is 0 Å². The van der Waals surface area contributed by atoms with Gasteiger partial charge in [0.1, 0.15) is 11.8 Å². The lowest BCUT2D eigenvalue weighted by Crippen LogP contribution is -2.21. The van der Waals surface area contributed by atoms with E-state index in [-0.39, 0.29) is 28.1 Å². The number of phenols is 1. The first-order chi connectivity index (χ1) is 9.23.